The van der Waals surface area contributed by atoms with Crippen LogP contribution in [-0.2, 0) is 10.5 Å². The van der Waals surface area contributed by atoms with E-state index >= 15 is 0 Å². The van der Waals surface area contributed by atoms with E-state index in [1.54, 1.807) is 11.8 Å². The van der Waals surface area contributed by atoms with Crippen LogP contribution in [0.4, 0.5) is 0 Å². The summed E-state index contributed by atoms with van der Waals surface area (Å²) in [5.74, 6) is 1.66. The average molecular weight is 307 g/mol. The van der Waals surface area contributed by atoms with E-state index in [9.17, 15) is 9.90 Å². The zero-order valence-corrected chi connectivity index (χ0v) is 13.5. The number of rotatable bonds is 6. The summed E-state index contributed by atoms with van der Waals surface area (Å²) in [7, 11) is 0. The first-order valence-electron chi connectivity index (χ1n) is 7.73. The molecule has 21 heavy (non-hydrogen) atoms. The molecule has 0 aromatic heterocycles. The number of aliphatic hydroxyl groups is 1. The molecule has 0 bridgehead atoms. The van der Waals surface area contributed by atoms with Gasteiger partial charge in [-0.1, -0.05) is 42.7 Å². The maximum absolute atomic E-state index is 11.8. The van der Waals surface area contributed by atoms with Crippen LogP contribution in [0.1, 0.15) is 36.8 Å². The molecular weight excluding hydrogens is 282 g/mol. The SMILES string of the molecule is Cc1ccc(CSCC(=O)NCC2CCCCC2O)cc1. The molecule has 3 nitrogen and oxygen atoms in total. The van der Waals surface area contributed by atoms with Crippen LogP contribution in [0.2, 0.25) is 0 Å². The zero-order chi connectivity index (χ0) is 15.1. The lowest BCUT2D eigenvalue weighted by atomic mass is 9.86. The first-order valence-corrected chi connectivity index (χ1v) is 8.88. The van der Waals surface area contributed by atoms with Crippen LogP contribution in [0, 0.1) is 12.8 Å². The summed E-state index contributed by atoms with van der Waals surface area (Å²) in [6.07, 6.45) is 3.94. The summed E-state index contributed by atoms with van der Waals surface area (Å²) < 4.78 is 0. The summed E-state index contributed by atoms with van der Waals surface area (Å²) in [4.78, 5) is 11.8. The fourth-order valence-electron chi connectivity index (χ4n) is 2.67. The Labute approximate surface area is 131 Å². The molecule has 1 aliphatic rings. The van der Waals surface area contributed by atoms with Crippen LogP contribution in [-0.4, -0.2) is 29.4 Å². The van der Waals surface area contributed by atoms with Crippen LogP contribution in [0.5, 0.6) is 0 Å². The molecule has 0 aliphatic heterocycles. The number of benzene rings is 1. The molecule has 1 aliphatic carbocycles. The highest BCUT2D eigenvalue weighted by atomic mass is 32.2. The third kappa shape index (κ3) is 5.71. The van der Waals surface area contributed by atoms with E-state index in [0.29, 0.717) is 12.3 Å². The second-order valence-corrected chi connectivity index (χ2v) is 6.88. The lowest BCUT2D eigenvalue weighted by Gasteiger charge is -2.27. The Balaban J connectivity index is 1.62. The number of aliphatic hydroxyl groups excluding tert-OH is 1. The fourth-order valence-corrected chi connectivity index (χ4v) is 3.49. The van der Waals surface area contributed by atoms with E-state index < -0.39 is 0 Å². The first-order chi connectivity index (χ1) is 10.1. The molecule has 2 rings (SSSR count). The van der Waals surface area contributed by atoms with E-state index in [0.717, 1.165) is 25.0 Å². The van der Waals surface area contributed by atoms with Crippen molar-refractivity contribution in [1.82, 2.24) is 5.32 Å². The molecule has 1 aromatic carbocycles. The molecule has 1 saturated carbocycles. The Morgan fingerprint density at radius 2 is 2.00 bits per heavy atom. The molecule has 0 radical (unpaired) electrons. The molecule has 1 aromatic rings. The fraction of sp³-hybridized carbons (Fsp3) is 0.588. The van der Waals surface area contributed by atoms with Gasteiger partial charge in [0.25, 0.3) is 0 Å². The Morgan fingerprint density at radius 1 is 1.29 bits per heavy atom. The Morgan fingerprint density at radius 3 is 2.71 bits per heavy atom. The monoisotopic (exact) mass is 307 g/mol. The smallest absolute Gasteiger partial charge is 0.230 e. The van der Waals surface area contributed by atoms with Crippen molar-refractivity contribution in [3.63, 3.8) is 0 Å². The van der Waals surface area contributed by atoms with Gasteiger partial charge in [0.2, 0.25) is 5.91 Å². The van der Waals surface area contributed by atoms with Gasteiger partial charge in [0.1, 0.15) is 0 Å². The van der Waals surface area contributed by atoms with Gasteiger partial charge < -0.3 is 10.4 Å². The van der Waals surface area contributed by atoms with Crippen molar-refractivity contribution in [2.45, 2.75) is 44.5 Å². The Hall–Kier alpha value is -1.00. The van der Waals surface area contributed by atoms with Gasteiger partial charge in [0, 0.05) is 18.2 Å². The highest BCUT2D eigenvalue weighted by Gasteiger charge is 2.23. The second kappa shape index (κ2) is 8.44. The number of nitrogens with one attached hydrogen (secondary N) is 1. The van der Waals surface area contributed by atoms with Gasteiger partial charge in [0.15, 0.2) is 0 Å². The number of aryl methyl sites for hydroxylation is 1. The third-order valence-electron chi connectivity index (χ3n) is 4.05. The number of hydrogen-bond acceptors (Lipinski definition) is 3. The number of carbonyl (C=O) groups is 1. The molecule has 2 N–H and O–H groups in total. The molecule has 4 heteroatoms. The maximum Gasteiger partial charge on any atom is 0.230 e. The van der Waals surface area contributed by atoms with Crippen molar-refractivity contribution in [1.29, 1.82) is 0 Å². The molecular formula is C17H25NO2S. The number of amides is 1. The van der Waals surface area contributed by atoms with Gasteiger partial charge >= 0.3 is 0 Å². The largest absolute Gasteiger partial charge is 0.393 e. The predicted octanol–water partition coefficient (Wildman–Crippen LogP) is 2.90. The predicted molar refractivity (Wildman–Crippen MR) is 88.3 cm³/mol. The summed E-state index contributed by atoms with van der Waals surface area (Å²) in [6, 6.07) is 8.41. The third-order valence-corrected chi connectivity index (χ3v) is 5.06. The quantitative estimate of drug-likeness (QED) is 0.849. The molecule has 1 amide bonds. The standard InChI is InChI=1S/C17H25NO2S/c1-13-6-8-14(9-7-13)11-21-12-17(20)18-10-15-4-2-3-5-16(15)19/h6-9,15-16,19H,2-5,10-12H2,1H3,(H,18,20). The van der Waals surface area contributed by atoms with Gasteiger partial charge in [-0.25, -0.2) is 0 Å². The average Bonchev–Trinajstić information content (AvgIpc) is 2.48. The normalized spacial score (nSPS) is 22.0. The minimum atomic E-state index is -0.237. The van der Waals surface area contributed by atoms with E-state index in [1.807, 2.05) is 0 Å². The Kier molecular flexibility index (Phi) is 6.58. The molecule has 116 valence electrons. The van der Waals surface area contributed by atoms with Crippen LogP contribution in [0.3, 0.4) is 0 Å². The minimum absolute atomic E-state index is 0.0740. The lowest BCUT2D eigenvalue weighted by molar-refractivity contribution is -0.119. The summed E-state index contributed by atoms with van der Waals surface area (Å²) in [5, 5.41) is 12.8. The van der Waals surface area contributed by atoms with Crippen molar-refractivity contribution < 1.29 is 9.90 Å². The van der Waals surface area contributed by atoms with E-state index in [1.165, 1.54) is 17.5 Å². The van der Waals surface area contributed by atoms with Crippen LogP contribution < -0.4 is 5.32 Å². The maximum atomic E-state index is 11.8. The summed E-state index contributed by atoms with van der Waals surface area (Å²) >= 11 is 1.63. The number of carbonyl (C=O) groups excluding carboxylic acids is 1. The van der Waals surface area contributed by atoms with Gasteiger partial charge in [0.05, 0.1) is 11.9 Å². The molecule has 1 fully saturated rings. The molecule has 0 spiro atoms. The van der Waals surface area contributed by atoms with Crippen molar-refractivity contribution >= 4 is 17.7 Å². The van der Waals surface area contributed by atoms with Gasteiger partial charge in [-0.15, -0.1) is 11.8 Å². The zero-order valence-electron chi connectivity index (χ0n) is 12.7. The molecule has 0 heterocycles. The molecule has 2 unspecified atom stereocenters. The van der Waals surface area contributed by atoms with E-state index in [4.69, 9.17) is 0 Å². The second-order valence-electron chi connectivity index (χ2n) is 5.89. The van der Waals surface area contributed by atoms with Crippen LogP contribution in [0.15, 0.2) is 24.3 Å². The van der Waals surface area contributed by atoms with E-state index in [2.05, 4.69) is 36.5 Å². The summed E-state index contributed by atoms with van der Waals surface area (Å²) in [6.45, 7) is 2.69. The Bertz CT molecular complexity index is 447. The lowest BCUT2D eigenvalue weighted by Crippen LogP contribution is -2.37. The first kappa shape index (κ1) is 16.4. The van der Waals surface area contributed by atoms with Crippen LogP contribution >= 0.6 is 11.8 Å². The van der Waals surface area contributed by atoms with Crippen molar-refractivity contribution in [2.24, 2.45) is 5.92 Å². The topological polar surface area (TPSA) is 49.3 Å². The highest BCUT2D eigenvalue weighted by molar-refractivity contribution is 7.99. The number of thioether (sulfide) groups is 1. The van der Waals surface area contributed by atoms with Crippen molar-refractivity contribution in [3.05, 3.63) is 35.4 Å². The van der Waals surface area contributed by atoms with Crippen LogP contribution in [0.25, 0.3) is 0 Å². The van der Waals surface area contributed by atoms with E-state index in [-0.39, 0.29) is 17.9 Å². The van der Waals surface area contributed by atoms with Crippen molar-refractivity contribution in [3.8, 4) is 0 Å². The van der Waals surface area contributed by atoms with Crippen molar-refractivity contribution in [2.75, 3.05) is 12.3 Å². The summed E-state index contributed by atoms with van der Waals surface area (Å²) in [5.41, 5.74) is 2.51. The van der Waals surface area contributed by atoms with Gasteiger partial charge in [-0.2, -0.15) is 0 Å². The van der Waals surface area contributed by atoms with Gasteiger partial charge in [-0.3, -0.25) is 4.79 Å². The molecule has 2 atom stereocenters. The van der Waals surface area contributed by atoms with Gasteiger partial charge in [-0.05, 0) is 25.3 Å². The number of hydrogen-bond donors (Lipinski definition) is 2. The molecule has 0 saturated heterocycles. The minimum Gasteiger partial charge on any atom is -0.393 e. The highest BCUT2D eigenvalue weighted by Crippen LogP contribution is 2.23.